The highest BCUT2D eigenvalue weighted by Crippen LogP contribution is 2.36. The lowest BCUT2D eigenvalue weighted by Crippen LogP contribution is -2.57. The first kappa shape index (κ1) is 16.8. The molecule has 0 radical (unpaired) electrons. The van der Waals surface area contributed by atoms with Crippen LogP contribution in [0.3, 0.4) is 0 Å². The number of nitrogens with one attached hydrogen (secondary N) is 1. The normalized spacial score (nSPS) is 17.8. The van der Waals surface area contributed by atoms with E-state index in [1.807, 2.05) is 14.1 Å². The molecule has 118 valence electrons. The van der Waals surface area contributed by atoms with Gasteiger partial charge in [-0.15, -0.1) is 0 Å². The summed E-state index contributed by atoms with van der Waals surface area (Å²) in [6, 6.07) is 2.76. The molecule has 1 aliphatic rings. The number of hydrogen-bond acceptors (Lipinski definition) is 4. The van der Waals surface area contributed by atoms with Crippen molar-refractivity contribution >= 4 is 38.9 Å². The van der Waals surface area contributed by atoms with Gasteiger partial charge in [0, 0.05) is 17.8 Å². The average Bonchev–Trinajstić information content (AvgIpc) is 2.24. The molecule has 0 aromatic heterocycles. The molecule has 0 amide bonds. The van der Waals surface area contributed by atoms with Gasteiger partial charge in [-0.2, -0.15) is 0 Å². The predicted molar refractivity (Wildman–Crippen MR) is 86.3 cm³/mol. The number of anilines is 1. The van der Waals surface area contributed by atoms with Gasteiger partial charge in [0.05, 0.1) is 10.0 Å². The van der Waals surface area contributed by atoms with Crippen molar-refractivity contribution in [1.29, 1.82) is 0 Å². The predicted octanol–water partition coefficient (Wildman–Crippen LogP) is 2.34. The summed E-state index contributed by atoms with van der Waals surface area (Å²) in [4.78, 5) is 1.94. The Balaban J connectivity index is 2.24. The van der Waals surface area contributed by atoms with Gasteiger partial charge < -0.3 is 10.6 Å². The van der Waals surface area contributed by atoms with E-state index in [9.17, 15) is 8.42 Å². The van der Waals surface area contributed by atoms with E-state index in [1.54, 1.807) is 0 Å². The van der Waals surface area contributed by atoms with Crippen LogP contribution in [-0.2, 0) is 10.0 Å². The van der Waals surface area contributed by atoms with Crippen molar-refractivity contribution in [3.8, 4) is 0 Å². The van der Waals surface area contributed by atoms with Gasteiger partial charge in [0.1, 0.15) is 4.90 Å². The number of benzene rings is 1. The van der Waals surface area contributed by atoms with E-state index in [-0.39, 0.29) is 20.5 Å². The molecule has 2 rings (SSSR count). The Morgan fingerprint density at radius 1 is 1.29 bits per heavy atom. The third-order valence-corrected chi connectivity index (χ3v) is 6.44. The van der Waals surface area contributed by atoms with Crippen molar-refractivity contribution in [3.05, 3.63) is 22.2 Å². The van der Waals surface area contributed by atoms with Crippen LogP contribution < -0.4 is 10.5 Å². The summed E-state index contributed by atoms with van der Waals surface area (Å²) < 4.78 is 27.5. The average molecular weight is 352 g/mol. The fourth-order valence-corrected chi connectivity index (χ4v) is 4.85. The number of nitrogens with zero attached hydrogens (tertiary/aromatic N) is 1. The zero-order valence-electron chi connectivity index (χ0n) is 12.0. The van der Waals surface area contributed by atoms with E-state index in [0.29, 0.717) is 12.2 Å². The highest BCUT2D eigenvalue weighted by Gasteiger charge is 2.40. The summed E-state index contributed by atoms with van der Waals surface area (Å²) in [6.45, 7) is 0.333. The lowest BCUT2D eigenvalue weighted by atomic mass is 9.76. The molecule has 1 aliphatic carbocycles. The van der Waals surface area contributed by atoms with Crippen molar-refractivity contribution in [1.82, 2.24) is 9.62 Å². The van der Waals surface area contributed by atoms with E-state index in [4.69, 9.17) is 28.9 Å². The molecule has 1 aromatic rings. The summed E-state index contributed by atoms with van der Waals surface area (Å²) in [7, 11) is 0.133. The molecule has 3 N–H and O–H groups in total. The quantitative estimate of drug-likeness (QED) is 0.798. The van der Waals surface area contributed by atoms with Crippen molar-refractivity contribution in [2.75, 3.05) is 26.4 Å². The van der Waals surface area contributed by atoms with Gasteiger partial charge in [-0.05, 0) is 45.5 Å². The smallest absolute Gasteiger partial charge is 0.243 e. The molecule has 0 unspecified atom stereocenters. The first-order valence-corrected chi connectivity index (χ1v) is 8.83. The SMILES string of the molecule is CN(C)C1(CNS(=O)(=O)c2c(Cl)cc(N)cc2Cl)CCC1. The fourth-order valence-electron chi connectivity index (χ4n) is 2.50. The van der Waals surface area contributed by atoms with Crippen LogP contribution in [0.15, 0.2) is 17.0 Å². The Morgan fingerprint density at radius 2 is 1.81 bits per heavy atom. The summed E-state index contributed by atoms with van der Waals surface area (Å²) in [5, 5.41) is 0.0556. The highest BCUT2D eigenvalue weighted by atomic mass is 35.5. The monoisotopic (exact) mass is 351 g/mol. The Labute approximate surface area is 135 Å². The third kappa shape index (κ3) is 3.29. The molecule has 8 heteroatoms. The fraction of sp³-hybridized carbons (Fsp3) is 0.538. The highest BCUT2D eigenvalue weighted by molar-refractivity contribution is 7.89. The molecule has 0 aliphatic heterocycles. The Morgan fingerprint density at radius 3 is 2.19 bits per heavy atom. The largest absolute Gasteiger partial charge is 0.399 e. The molecule has 0 bridgehead atoms. The summed E-state index contributed by atoms with van der Waals surface area (Å²) >= 11 is 12.0. The summed E-state index contributed by atoms with van der Waals surface area (Å²) in [6.07, 6.45) is 3.03. The topological polar surface area (TPSA) is 75.4 Å². The van der Waals surface area contributed by atoms with Crippen LogP contribution in [0, 0.1) is 0 Å². The van der Waals surface area contributed by atoms with Gasteiger partial charge in [0.15, 0.2) is 0 Å². The number of hydrogen-bond donors (Lipinski definition) is 2. The maximum Gasteiger partial charge on any atom is 0.243 e. The Kier molecular flexibility index (Phi) is 4.75. The maximum absolute atomic E-state index is 12.5. The van der Waals surface area contributed by atoms with Crippen LogP contribution in [0.2, 0.25) is 10.0 Å². The Bertz CT molecular complexity index is 620. The number of nitrogen functional groups attached to an aromatic ring is 1. The van der Waals surface area contributed by atoms with Crippen LogP contribution in [0.4, 0.5) is 5.69 Å². The van der Waals surface area contributed by atoms with Crippen LogP contribution in [0.1, 0.15) is 19.3 Å². The Hall–Kier alpha value is -0.530. The second-order valence-electron chi connectivity index (χ2n) is 5.61. The third-order valence-electron chi connectivity index (χ3n) is 4.11. The zero-order chi connectivity index (χ0) is 15.8. The van der Waals surface area contributed by atoms with Gasteiger partial charge >= 0.3 is 0 Å². The molecule has 1 saturated carbocycles. The second kappa shape index (κ2) is 5.93. The number of sulfonamides is 1. The van der Waals surface area contributed by atoms with Crippen LogP contribution in [0.25, 0.3) is 0 Å². The van der Waals surface area contributed by atoms with Gasteiger partial charge in [-0.1, -0.05) is 23.2 Å². The first-order valence-electron chi connectivity index (χ1n) is 6.60. The molecule has 5 nitrogen and oxygen atoms in total. The van der Waals surface area contributed by atoms with Crippen molar-refractivity contribution in [2.45, 2.75) is 29.7 Å². The number of nitrogens with two attached hydrogens (primary N) is 1. The van der Waals surface area contributed by atoms with Crippen molar-refractivity contribution < 1.29 is 8.42 Å². The molecule has 0 saturated heterocycles. The van der Waals surface area contributed by atoms with E-state index in [2.05, 4.69) is 9.62 Å². The second-order valence-corrected chi connectivity index (χ2v) is 8.13. The zero-order valence-corrected chi connectivity index (χ0v) is 14.3. The number of rotatable bonds is 5. The summed E-state index contributed by atoms with van der Waals surface area (Å²) in [5.41, 5.74) is 5.80. The van der Waals surface area contributed by atoms with Gasteiger partial charge in [0.25, 0.3) is 0 Å². The minimum absolute atomic E-state index is 0.0278. The molecular weight excluding hydrogens is 333 g/mol. The number of likely N-dealkylation sites (N-methyl/N-ethyl adjacent to an activating group) is 1. The van der Waals surface area contributed by atoms with E-state index in [0.717, 1.165) is 19.3 Å². The first-order chi connectivity index (χ1) is 9.68. The van der Waals surface area contributed by atoms with Crippen LogP contribution in [0.5, 0.6) is 0 Å². The van der Waals surface area contributed by atoms with Gasteiger partial charge in [-0.25, -0.2) is 13.1 Å². The maximum atomic E-state index is 12.5. The van der Waals surface area contributed by atoms with Crippen LogP contribution in [-0.4, -0.2) is 39.5 Å². The minimum Gasteiger partial charge on any atom is -0.399 e. The molecule has 1 fully saturated rings. The molecule has 21 heavy (non-hydrogen) atoms. The van der Waals surface area contributed by atoms with Crippen molar-refractivity contribution in [2.24, 2.45) is 0 Å². The van der Waals surface area contributed by atoms with Gasteiger partial charge in [-0.3, -0.25) is 0 Å². The van der Waals surface area contributed by atoms with Gasteiger partial charge in [0.2, 0.25) is 10.0 Å². The molecule has 0 spiro atoms. The molecule has 0 heterocycles. The van der Waals surface area contributed by atoms with E-state index >= 15 is 0 Å². The summed E-state index contributed by atoms with van der Waals surface area (Å²) in [5.74, 6) is 0. The minimum atomic E-state index is -3.78. The van der Waals surface area contributed by atoms with E-state index in [1.165, 1.54) is 12.1 Å². The lowest BCUT2D eigenvalue weighted by molar-refractivity contribution is 0.0657. The molecule has 1 aromatic carbocycles. The van der Waals surface area contributed by atoms with Crippen molar-refractivity contribution in [3.63, 3.8) is 0 Å². The molecular formula is C13H19Cl2N3O2S. The standard InChI is InChI=1S/C13H19Cl2N3O2S/c1-18(2)13(4-3-5-13)8-17-21(19,20)12-10(14)6-9(16)7-11(12)15/h6-7,17H,3-5,8,16H2,1-2H3. The number of halogens is 2. The molecule has 0 atom stereocenters. The lowest BCUT2D eigenvalue weighted by Gasteiger charge is -2.47. The van der Waals surface area contributed by atoms with E-state index < -0.39 is 10.0 Å². The van der Waals surface area contributed by atoms with Crippen LogP contribution >= 0.6 is 23.2 Å².